The Morgan fingerprint density at radius 1 is 1.42 bits per heavy atom. The van der Waals surface area contributed by atoms with E-state index in [1.54, 1.807) is 6.33 Å². The second-order valence-electron chi connectivity index (χ2n) is 6.24. The number of halogens is 1. The molecule has 1 spiro atoms. The normalized spacial score (nSPS) is 18.1. The number of nitro groups is 1. The van der Waals surface area contributed by atoms with Crippen LogP contribution in [0.3, 0.4) is 0 Å². The molecule has 124 valence electrons. The zero-order valence-electron chi connectivity index (χ0n) is 12.8. The van der Waals surface area contributed by atoms with Crippen LogP contribution >= 0.6 is 11.6 Å². The van der Waals surface area contributed by atoms with Crippen molar-refractivity contribution in [3.8, 4) is 0 Å². The molecule has 0 unspecified atom stereocenters. The van der Waals surface area contributed by atoms with E-state index in [1.807, 2.05) is 4.90 Å². The van der Waals surface area contributed by atoms with E-state index in [2.05, 4.69) is 9.97 Å². The first-order valence-corrected chi connectivity index (χ1v) is 8.19. The number of aromatic nitrogens is 2. The van der Waals surface area contributed by atoms with Gasteiger partial charge in [0.15, 0.2) is 0 Å². The molecule has 0 atom stereocenters. The van der Waals surface area contributed by atoms with Crippen LogP contribution in [0.5, 0.6) is 0 Å². The third-order valence-electron chi connectivity index (χ3n) is 5.08. The van der Waals surface area contributed by atoms with Crippen LogP contribution in [0.25, 0.3) is 0 Å². The van der Waals surface area contributed by atoms with E-state index in [0.29, 0.717) is 12.1 Å². The second-order valence-corrected chi connectivity index (χ2v) is 6.65. The van der Waals surface area contributed by atoms with Gasteiger partial charge in [-0.1, -0.05) is 11.6 Å². The molecule has 1 aliphatic carbocycles. The van der Waals surface area contributed by atoms with Crippen molar-refractivity contribution in [3.63, 3.8) is 0 Å². The van der Waals surface area contributed by atoms with Gasteiger partial charge >= 0.3 is 0 Å². The molecule has 2 aliphatic rings. The molecule has 1 fully saturated rings. The van der Waals surface area contributed by atoms with Gasteiger partial charge in [0.25, 0.3) is 11.6 Å². The number of nitrogens with one attached hydrogen (secondary N) is 1. The SMILES string of the molecule is O=C(c1ccc([N+](=O)[O-])c(Cl)c1)N1CCc2[nH]cnc2C12CCC2. The third-order valence-corrected chi connectivity index (χ3v) is 5.38. The summed E-state index contributed by atoms with van der Waals surface area (Å²) in [5, 5.41) is 10.9. The van der Waals surface area contributed by atoms with Gasteiger partial charge in [-0.2, -0.15) is 0 Å². The van der Waals surface area contributed by atoms with Crippen LogP contribution in [-0.2, 0) is 12.0 Å². The van der Waals surface area contributed by atoms with Crippen molar-refractivity contribution in [2.75, 3.05) is 6.54 Å². The van der Waals surface area contributed by atoms with Crippen LogP contribution in [-0.4, -0.2) is 32.2 Å². The lowest BCUT2D eigenvalue weighted by Gasteiger charge is -2.52. The van der Waals surface area contributed by atoms with Crippen LogP contribution in [0.2, 0.25) is 5.02 Å². The Labute approximate surface area is 142 Å². The molecule has 8 heteroatoms. The summed E-state index contributed by atoms with van der Waals surface area (Å²) in [7, 11) is 0. The fraction of sp³-hybridized carbons (Fsp3) is 0.375. The predicted octanol–water partition coefficient (Wildman–Crippen LogP) is 3.05. The van der Waals surface area contributed by atoms with E-state index in [9.17, 15) is 14.9 Å². The maximum Gasteiger partial charge on any atom is 0.287 e. The predicted molar refractivity (Wildman–Crippen MR) is 87.0 cm³/mol. The van der Waals surface area contributed by atoms with Gasteiger partial charge in [-0.3, -0.25) is 14.9 Å². The highest BCUT2D eigenvalue weighted by Gasteiger charge is 2.51. The Hall–Kier alpha value is -2.41. The molecular formula is C16H15ClN4O3. The molecule has 1 amide bonds. The quantitative estimate of drug-likeness (QED) is 0.668. The highest BCUT2D eigenvalue weighted by molar-refractivity contribution is 6.33. The summed E-state index contributed by atoms with van der Waals surface area (Å²) < 4.78 is 0. The zero-order valence-corrected chi connectivity index (χ0v) is 13.5. The van der Waals surface area contributed by atoms with Gasteiger partial charge in [0, 0.05) is 30.3 Å². The van der Waals surface area contributed by atoms with Crippen molar-refractivity contribution < 1.29 is 9.72 Å². The minimum absolute atomic E-state index is 0.0222. The van der Waals surface area contributed by atoms with Crippen LogP contribution in [0.1, 0.15) is 41.0 Å². The lowest BCUT2D eigenvalue weighted by atomic mass is 9.70. The number of amides is 1. The molecule has 1 aromatic carbocycles. The summed E-state index contributed by atoms with van der Waals surface area (Å²) in [5.41, 5.74) is 1.89. The summed E-state index contributed by atoms with van der Waals surface area (Å²) in [4.78, 5) is 32.8. The molecule has 1 aliphatic heterocycles. The van der Waals surface area contributed by atoms with E-state index in [4.69, 9.17) is 11.6 Å². The average Bonchev–Trinajstić information content (AvgIpc) is 2.99. The zero-order chi connectivity index (χ0) is 16.9. The summed E-state index contributed by atoms with van der Waals surface area (Å²) in [5.74, 6) is -0.153. The molecule has 4 rings (SSSR count). The van der Waals surface area contributed by atoms with Gasteiger partial charge in [-0.15, -0.1) is 0 Å². The van der Waals surface area contributed by atoms with Gasteiger partial charge < -0.3 is 9.88 Å². The Balaban J connectivity index is 1.70. The molecule has 24 heavy (non-hydrogen) atoms. The molecule has 7 nitrogen and oxygen atoms in total. The summed E-state index contributed by atoms with van der Waals surface area (Å²) in [6, 6.07) is 4.14. The maximum absolute atomic E-state index is 13.0. The molecule has 1 N–H and O–H groups in total. The Kier molecular flexibility index (Phi) is 3.35. The molecule has 2 heterocycles. The molecule has 0 bridgehead atoms. The fourth-order valence-corrected chi connectivity index (χ4v) is 3.99. The van der Waals surface area contributed by atoms with E-state index in [1.165, 1.54) is 18.2 Å². The number of hydrogen-bond donors (Lipinski definition) is 1. The fourth-order valence-electron chi connectivity index (χ4n) is 3.74. The molecule has 0 radical (unpaired) electrons. The maximum atomic E-state index is 13.0. The molecule has 1 aromatic heterocycles. The number of nitrogens with zero attached hydrogens (tertiary/aromatic N) is 3. The monoisotopic (exact) mass is 346 g/mol. The average molecular weight is 347 g/mol. The Morgan fingerprint density at radius 3 is 2.83 bits per heavy atom. The number of aromatic amines is 1. The van der Waals surface area contributed by atoms with E-state index < -0.39 is 4.92 Å². The van der Waals surface area contributed by atoms with Gasteiger partial charge in [0.2, 0.25) is 0 Å². The first-order chi connectivity index (χ1) is 11.5. The van der Waals surface area contributed by atoms with Crippen LogP contribution in [0, 0.1) is 10.1 Å². The van der Waals surface area contributed by atoms with Crippen molar-refractivity contribution in [1.82, 2.24) is 14.9 Å². The smallest absolute Gasteiger partial charge is 0.287 e. The molecule has 1 saturated carbocycles. The van der Waals surface area contributed by atoms with Crippen LogP contribution in [0.15, 0.2) is 24.5 Å². The number of benzene rings is 1. The van der Waals surface area contributed by atoms with E-state index >= 15 is 0 Å². The van der Waals surface area contributed by atoms with Crippen molar-refractivity contribution in [2.45, 2.75) is 31.2 Å². The number of hydrogen-bond acceptors (Lipinski definition) is 4. The van der Waals surface area contributed by atoms with E-state index in [0.717, 1.165) is 37.1 Å². The molecule has 0 saturated heterocycles. The lowest BCUT2D eigenvalue weighted by Crippen LogP contribution is -2.57. The van der Waals surface area contributed by atoms with Gasteiger partial charge in [0.05, 0.1) is 22.5 Å². The number of carbonyl (C=O) groups excluding carboxylic acids is 1. The third kappa shape index (κ3) is 2.04. The van der Waals surface area contributed by atoms with Crippen LogP contribution < -0.4 is 0 Å². The molecular weight excluding hydrogens is 332 g/mol. The highest BCUT2D eigenvalue weighted by atomic mass is 35.5. The standard InChI is InChI=1S/C16H15ClN4O3/c17-11-8-10(2-3-13(11)21(23)24)15(22)20-7-4-12-14(19-9-18-12)16(20)5-1-6-16/h2-3,8-9H,1,4-7H2,(H,18,19). The lowest BCUT2D eigenvalue weighted by molar-refractivity contribution is -0.384. The number of fused-ring (bicyclic) bond motifs is 2. The second kappa shape index (κ2) is 5.31. The van der Waals surface area contributed by atoms with Crippen molar-refractivity contribution in [2.24, 2.45) is 0 Å². The number of nitro benzene ring substituents is 1. The summed E-state index contributed by atoms with van der Waals surface area (Å²) >= 11 is 5.96. The highest BCUT2D eigenvalue weighted by Crippen LogP contribution is 2.49. The summed E-state index contributed by atoms with van der Waals surface area (Å²) in [6.07, 6.45) is 5.23. The first-order valence-electron chi connectivity index (χ1n) is 7.81. The van der Waals surface area contributed by atoms with Crippen molar-refractivity contribution in [3.05, 3.63) is 56.6 Å². The van der Waals surface area contributed by atoms with Crippen LogP contribution in [0.4, 0.5) is 5.69 Å². The minimum Gasteiger partial charge on any atom is -0.348 e. The van der Waals surface area contributed by atoms with E-state index in [-0.39, 0.29) is 22.2 Å². The van der Waals surface area contributed by atoms with Gasteiger partial charge in [-0.05, 0) is 31.4 Å². The van der Waals surface area contributed by atoms with Gasteiger partial charge in [0.1, 0.15) is 5.02 Å². The number of carbonyl (C=O) groups is 1. The Bertz CT molecular complexity index is 844. The summed E-state index contributed by atoms with van der Waals surface area (Å²) in [6.45, 7) is 0.600. The Morgan fingerprint density at radius 2 is 2.21 bits per heavy atom. The largest absolute Gasteiger partial charge is 0.348 e. The number of H-pyrrole nitrogens is 1. The van der Waals surface area contributed by atoms with Gasteiger partial charge in [-0.25, -0.2) is 4.98 Å². The number of rotatable bonds is 2. The minimum atomic E-state index is -0.555. The van der Waals surface area contributed by atoms with Crippen molar-refractivity contribution >= 4 is 23.2 Å². The topological polar surface area (TPSA) is 92.1 Å². The van der Waals surface area contributed by atoms with Crippen molar-refractivity contribution in [1.29, 1.82) is 0 Å². The first kappa shape index (κ1) is 15.1. The number of imidazole rings is 1. The molecule has 2 aromatic rings.